The molecule has 3 aromatic rings. The number of hydrogen-bond acceptors (Lipinski definition) is 7. The van der Waals surface area contributed by atoms with E-state index >= 15 is 0 Å². The zero-order valence-corrected chi connectivity index (χ0v) is 16.4. The number of anilines is 1. The van der Waals surface area contributed by atoms with Crippen LogP contribution in [-0.2, 0) is 6.54 Å². The maximum absolute atomic E-state index is 12.3. The van der Waals surface area contributed by atoms with Gasteiger partial charge in [-0.25, -0.2) is 4.68 Å². The quantitative estimate of drug-likeness (QED) is 0.662. The SMILES string of the molecule is O=c1ccc(-c2ccncc2)nn1CC1CCN(c2nnc(C3CC3)s2)CC1. The highest BCUT2D eigenvalue weighted by Gasteiger charge is 2.29. The molecule has 2 aliphatic rings. The zero-order chi connectivity index (χ0) is 18.9. The van der Waals surface area contributed by atoms with Crippen LogP contribution in [0.25, 0.3) is 11.3 Å². The van der Waals surface area contributed by atoms with Crippen molar-refractivity contribution in [2.75, 3.05) is 18.0 Å². The van der Waals surface area contributed by atoms with Gasteiger partial charge in [-0.1, -0.05) is 11.3 Å². The standard InChI is InChI=1S/C20H22N6OS/c27-18-4-3-17(15-5-9-21-10-6-15)24-26(18)13-14-7-11-25(12-8-14)20-23-22-19(28-20)16-1-2-16/h3-6,9-10,14,16H,1-2,7-8,11-13H2. The molecular formula is C20H22N6OS. The predicted octanol–water partition coefficient (Wildman–Crippen LogP) is 2.95. The first kappa shape index (κ1) is 17.5. The van der Waals surface area contributed by atoms with Gasteiger partial charge in [0.1, 0.15) is 5.01 Å². The molecule has 0 amide bonds. The first-order chi connectivity index (χ1) is 13.8. The number of pyridine rings is 1. The van der Waals surface area contributed by atoms with Crippen molar-refractivity contribution in [2.45, 2.75) is 38.1 Å². The van der Waals surface area contributed by atoms with Gasteiger partial charge in [0.2, 0.25) is 5.13 Å². The van der Waals surface area contributed by atoms with Crippen LogP contribution in [0.5, 0.6) is 0 Å². The van der Waals surface area contributed by atoms with Crippen molar-refractivity contribution in [2.24, 2.45) is 5.92 Å². The van der Waals surface area contributed by atoms with Gasteiger partial charge in [0.15, 0.2) is 0 Å². The largest absolute Gasteiger partial charge is 0.347 e. The van der Waals surface area contributed by atoms with Crippen LogP contribution >= 0.6 is 11.3 Å². The molecule has 0 radical (unpaired) electrons. The van der Waals surface area contributed by atoms with E-state index in [-0.39, 0.29) is 5.56 Å². The summed E-state index contributed by atoms with van der Waals surface area (Å²) in [6, 6.07) is 7.21. The van der Waals surface area contributed by atoms with E-state index in [9.17, 15) is 4.79 Å². The topological polar surface area (TPSA) is 76.8 Å². The van der Waals surface area contributed by atoms with Crippen LogP contribution in [0.15, 0.2) is 41.5 Å². The molecule has 4 heterocycles. The molecular weight excluding hydrogens is 372 g/mol. The van der Waals surface area contributed by atoms with Crippen molar-refractivity contribution in [1.29, 1.82) is 0 Å². The first-order valence-electron chi connectivity index (χ1n) is 9.83. The van der Waals surface area contributed by atoms with Gasteiger partial charge in [0.25, 0.3) is 5.56 Å². The highest BCUT2D eigenvalue weighted by Crippen LogP contribution is 2.42. The Morgan fingerprint density at radius 1 is 1.00 bits per heavy atom. The fourth-order valence-electron chi connectivity index (χ4n) is 3.66. The number of aromatic nitrogens is 5. The summed E-state index contributed by atoms with van der Waals surface area (Å²) >= 11 is 1.75. The summed E-state index contributed by atoms with van der Waals surface area (Å²) in [5.41, 5.74) is 1.74. The summed E-state index contributed by atoms with van der Waals surface area (Å²) < 4.78 is 1.62. The van der Waals surface area contributed by atoms with Gasteiger partial charge in [0.05, 0.1) is 5.69 Å². The van der Waals surface area contributed by atoms with Crippen molar-refractivity contribution in [1.82, 2.24) is 25.0 Å². The minimum Gasteiger partial charge on any atom is -0.347 e. The Kier molecular flexibility index (Phi) is 4.64. The molecule has 1 saturated carbocycles. The van der Waals surface area contributed by atoms with E-state index in [1.54, 1.807) is 40.5 Å². The van der Waals surface area contributed by atoms with Crippen LogP contribution in [0.2, 0.25) is 0 Å². The van der Waals surface area contributed by atoms with Gasteiger partial charge in [-0.2, -0.15) is 5.10 Å². The molecule has 144 valence electrons. The summed E-state index contributed by atoms with van der Waals surface area (Å²) in [6.07, 6.45) is 8.07. The summed E-state index contributed by atoms with van der Waals surface area (Å²) in [5.74, 6) is 1.11. The summed E-state index contributed by atoms with van der Waals surface area (Å²) in [4.78, 5) is 18.7. The third-order valence-corrected chi connectivity index (χ3v) is 6.66. The molecule has 3 aromatic heterocycles. The first-order valence-corrected chi connectivity index (χ1v) is 10.6. The van der Waals surface area contributed by atoms with Crippen molar-refractivity contribution in [3.63, 3.8) is 0 Å². The molecule has 5 rings (SSSR count). The number of hydrogen-bond donors (Lipinski definition) is 0. The second-order valence-corrected chi connectivity index (χ2v) is 8.59. The molecule has 28 heavy (non-hydrogen) atoms. The minimum atomic E-state index is -0.0431. The lowest BCUT2D eigenvalue weighted by Gasteiger charge is -2.31. The minimum absolute atomic E-state index is 0.0431. The number of piperidine rings is 1. The lowest BCUT2D eigenvalue weighted by Crippen LogP contribution is -2.36. The molecule has 0 atom stereocenters. The van der Waals surface area contributed by atoms with Crippen molar-refractivity contribution in [3.8, 4) is 11.3 Å². The van der Waals surface area contributed by atoms with Crippen LogP contribution in [0, 0.1) is 5.92 Å². The van der Waals surface area contributed by atoms with Crippen LogP contribution in [0.4, 0.5) is 5.13 Å². The van der Waals surface area contributed by atoms with Crippen molar-refractivity contribution >= 4 is 16.5 Å². The second kappa shape index (κ2) is 7.43. The Balaban J connectivity index is 1.24. The summed E-state index contributed by atoms with van der Waals surface area (Å²) in [7, 11) is 0. The van der Waals surface area contributed by atoms with Crippen LogP contribution in [0.1, 0.15) is 36.6 Å². The molecule has 0 N–H and O–H groups in total. The van der Waals surface area contributed by atoms with Gasteiger partial charge >= 0.3 is 0 Å². The molecule has 0 spiro atoms. The van der Waals surface area contributed by atoms with E-state index in [4.69, 9.17) is 0 Å². The lowest BCUT2D eigenvalue weighted by molar-refractivity contribution is 0.335. The number of nitrogens with zero attached hydrogens (tertiary/aromatic N) is 6. The summed E-state index contributed by atoms with van der Waals surface area (Å²) in [6.45, 7) is 2.58. The average molecular weight is 395 g/mol. The molecule has 1 aliphatic heterocycles. The molecule has 8 heteroatoms. The van der Waals surface area contributed by atoms with Gasteiger partial charge < -0.3 is 4.90 Å². The maximum Gasteiger partial charge on any atom is 0.266 e. The normalized spacial score (nSPS) is 17.8. The third kappa shape index (κ3) is 3.69. The average Bonchev–Trinajstić information content (AvgIpc) is 3.48. The number of rotatable bonds is 5. The molecule has 2 fully saturated rings. The van der Waals surface area contributed by atoms with Crippen molar-refractivity contribution < 1.29 is 0 Å². The van der Waals surface area contributed by atoms with Gasteiger partial charge in [-0.15, -0.1) is 10.2 Å². The third-order valence-electron chi connectivity index (χ3n) is 5.52. The Morgan fingerprint density at radius 3 is 2.54 bits per heavy atom. The lowest BCUT2D eigenvalue weighted by atomic mass is 9.97. The summed E-state index contributed by atoms with van der Waals surface area (Å²) in [5, 5.41) is 15.6. The second-order valence-electron chi connectivity index (χ2n) is 7.60. The monoisotopic (exact) mass is 394 g/mol. The highest BCUT2D eigenvalue weighted by atomic mass is 32.1. The van der Waals surface area contributed by atoms with Crippen molar-refractivity contribution in [3.05, 3.63) is 52.0 Å². The van der Waals surface area contributed by atoms with E-state index in [2.05, 4.69) is 25.2 Å². The van der Waals surface area contributed by atoms with Gasteiger partial charge in [-0.05, 0) is 49.8 Å². The molecule has 1 saturated heterocycles. The van der Waals surface area contributed by atoms with E-state index in [0.717, 1.165) is 42.3 Å². The Labute approximate surface area is 167 Å². The maximum atomic E-state index is 12.3. The zero-order valence-electron chi connectivity index (χ0n) is 15.6. The predicted molar refractivity (Wildman–Crippen MR) is 109 cm³/mol. The Bertz CT molecular complexity index is 1000. The van der Waals surface area contributed by atoms with Crippen LogP contribution in [-0.4, -0.2) is 38.1 Å². The van der Waals surface area contributed by atoms with E-state index in [1.807, 2.05) is 12.1 Å². The molecule has 0 unspecified atom stereocenters. The molecule has 0 bridgehead atoms. The fraction of sp³-hybridized carbons (Fsp3) is 0.450. The molecule has 1 aliphatic carbocycles. The van der Waals surface area contributed by atoms with Crippen LogP contribution < -0.4 is 10.5 Å². The Morgan fingerprint density at radius 2 is 1.79 bits per heavy atom. The highest BCUT2D eigenvalue weighted by molar-refractivity contribution is 7.15. The van der Waals surface area contributed by atoms with E-state index in [0.29, 0.717) is 18.4 Å². The molecule has 7 nitrogen and oxygen atoms in total. The molecule has 0 aromatic carbocycles. The van der Waals surface area contributed by atoms with E-state index in [1.165, 1.54) is 17.8 Å². The van der Waals surface area contributed by atoms with Gasteiger partial charge in [0, 0.05) is 49.6 Å². The smallest absolute Gasteiger partial charge is 0.266 e. The van der Waals surface area contributed by atoms with Gasteiger partial charge in [-0.3, -0.25) is 9.78 Å². The fourth-order valence-corrected chi connectivity index (χ4v) is 4.72. The van der Waals surface area contributed by atoms with Crippen LogP contribution in [0.3, 0.4) is 0 Å². The van der Waals surface area contributed by atoms with E-state index < -0.39 is 0 Å². The Hall–Kier alpha value is -2.61.